The molecule has 3 rings (SSSR count). The lowest BCUT2D eigenvalue weighted by Crippen LogP contribution is -2.51. The van der Waals surface area contributed by atoms with Gasteiger partial charge in [-0.2, -0.15) is 13.2 Å². The zero-order valence-electron chi connectivity index (χ0n) is 28.3. The van der Waals surface area contributed by atoms with Gasteiger partial charge in [-0.3, -0.25) is 24.0 Å². The summed E-state index contributed by atoms with van der Waals surface area (Å²) in [5.74, 6) is -2.24. The van der Waals surface area contributed by atoms with E-state index in [2.05, 4.69) is 24.5 Å². The van der Waals surface area contributed by atoms with Gasteiger partial charge in [0, 0.05) is 18.0 Å². The zero-order chi connectivity index (χ0) is 37.5. The minimum Gasteiger partial charge on any atom is -0.382 e. The molecule has 0 saturated carbocycles. The zero-order valence-corrected chi connectivity index (χ0v) is 28.3. The van der Waals surface area contributed by atoms with Crippen molar-refractivity contribution >= 4 is 30.0 Å². The van der Waals surface area contributed by atoms with Crippen LogP contribution in [0.3, 0.4) is 0 Å². The minimum absolute atomic E-state index is 0.00282. The Kier molecular flexibility index (Phi) is 19.8. The molecule has 0 radical (unpaired) electrons. The van der Waals surface area contributed by atoms with Crippen molar-refractivity contribution in [1.29, 1.82) is 0 Å². The Morgan fingerprint density at radius 2 is 1.34 bits per heavy atom. The highest BCUT2D eigenvalue weighted by molar-refractivity contribution is 5.96. The van der Waals surface area contributed by atoms with E-state index in [1.54, 1.807) is 12.1 Å². The molecule has 0 spiro atoms. The number of aliphatic hydroxyl groups excluding tert-OH is 1. The molecule has 11 nitrogen and oxygen atoms in total. The average Bonchev–Trinajstić information content (AvgIpc) is 3.08. The smallest absolute Gasteiger partial charge is 0.382 e. The highest BCUT2D eigenvalue weighted by Crippen LogP contribution is 2.24. The lowest BCUT2D eigenvalue weighted by Gasteiger charge is -2.25. The van der Waals surface area contributed by atoms with Crippen LogP contribution in [0.5, 0.6) is 0 Å². The first-order valence-corrected chi connectivity index (χ1v) is 16.0. The molecule has 0 aliphatic carbocycles. The molecule has 7 N–H and O–H groups in total. The van der Waals surface area contributed by atoms with Crippen molar-refractivity contribution < 1.29 is 42.3 Å². The maximum Gasteiger partial charge on any atom is 0.416 e. The molecule has 3 aromatic carbocycles. The van der Waals surface area contributed by atoms with E-state index in [9.17, 15) is 37.1 Å². The van der Waals surface area contributed by atoms with E-state index in [-0.39, 0.29) is 30.8 Å². The highest BCUT2D eigenvalue weighted by atomic mass is 19.4. The van der Waals surface area contributed by atoms with E-state index >= 15 is 0 Å². The lowest BCUT2D eigenvalue weighted by molar-refractivity contribution is -0.212. The summed E-state index contributed by atoms with van der Waals surface area (Å²) < 4.78 is 37.0. The second-order valence-electron chi connectivity index (χ2n) is 11.2. The van der Waals surface area contributed by atoms with E-state index < -0.39 is 49.5 Å². The van der Waals surface area contributed by atoms with Crippen LogP contribution in [0, 0.1) is 0 Å². The fourth-order valence-corrected chi connectivity index (χ4v) is 4.28. The first-order chi connectivity index (χ1) is 23.7. The van der Waals surface area contributed by atoms with Gasteiger partial charge < -0.3 is 32.1 Å². The van der Waals surface area contributed by atoms with Gasteiger partial charge in [-0.25, -0.2) is 0 Å². The van der Waals surface area contributed by atoms with Gasteiger partial charge in [0.15, 0.2) is 6.10 Å². The van der Waals surface area contributed by atoms with Gasteiger partial charge in [0.1, 0.15) is 0 Å². The summed E-state index contributed by atoms with van der Waals surface area (Å²) in [7, 11) is 0. The van der Waals surface area contributed by atoms with Crippen molar-refractivity contribution in [3.05, 3.63) is 96.1 Å². The molecule has 0 aliphatic heterocycles. The van der Waals surface area contributed by atoms with Gasteiger partial charge in [0.05, 0.1) is 19.1 Å². The van der Waals surface area contributed by atoms with E-state index in [0.717, 1.165) is 23.1 Å². The molecule has 0 bridgehead atoms. The van der Waals surface area contributed by atoms with Gasteiger partial charge in [0.2, 0.25) is 24.1 Å². The number of amides is 5. The topological polar surface area (TPSA) is 180 Å². The Labute approximate surface area is 290 Å². The highest BCUT2D eigenvalue weighted by Gasteiger charge is 2.44. The molecule has 50 heavy (non-hydrogen) atoms. The third-order valence-corrected chi connectivity index (χ3v) is 6.57. The number of benzene rings is 3. The van der Waals surface area contributed by atoms with Crippen LogP contribution in [0.15, 0.2) is 84.9 Å². The molecule has 3 aromatic rings. The molecule has 5 amide bonds. The molecular formula is C36H46F3N5O6. The molecule has 14 heteroatoms. The SMILES string of the molecule is CCC.C[C@H](Cc1ccccc1)NC(=O)CNC(=O)c1ccc(-c2ccccc2)cc1.NC(=O)CCC(NC(=O)CNC=O)C(O)C(F)(F)F. The first-order valence-electron chi connectivity index (χ1n) is 16.0. The van der Waals surface area contributed by atoms with Gasteiger partial charge in [-0.15, -0.1) is 0 Å². The number of carbonyl (C=O) groups excluding carboxylic acids is 5. The summed E-state index contributed by atoms with van der Waals surface area (Å²) in [6.07, 6.45) is -6.48. The summed E-state index contributed by atoms with van der Waals surface area (Å²) in [5, 5.41) is 18.5. The fourth-order valence-electron chi connectivity index (χ4n) is 4.28. The van der Waals surface area contributed by atoms with Crippen LogP contribution < -0.4 is 27.0 Å². The number of halogens is 3. The summed E-state index contributed by atoms with van der Waals surface area (Å²) >= 11 is 0. The maximum atomic E-state index is 12.3. The average molecular weight is 702 g/mol. The Morgan fingerprint density at radius 3 is 1.86 bits per heavy atom. The number of hydrogen-bond acceptors (Lipinski definition) is 6. The number of hydrogen-bond donors (Lipinski definition) is 6. The number of alkyl halides is 3. The molecule has 272 valence electrons. The van der Waals surface area contributed by atoms with Gasteiger partial charge in [-0.1, -0.05) is 93.1 Å². The fraction of sp³-hybridized carbons (Fsp3) is 0.361. The summed E-state index contributed by atoms with van der Waals surface area (Å²) in [6.45, 7) is 5.62. The summed E-state index contributed by atoms with van der Waals surface area (Å²) in [5.41, 5.74) is 8.63. The van der Waals surface area contributed by atoms with Crippen LogP contribution in [-0.4, -0.2) is 72.6 Å². The van der Waals surface area contributed by atoms with Crippen molar-refractivity contribution in [3.63, 3.8) is 0 Å². The lowest BCUT2D eigenvalue weighted by atomic mass is 10.0. The van der Waals surface area contributed by atoms with Crippen molar-refractivity contribution in [2.24, 2.45) is 5.73 Å². The van der Waals surface area contributed by atoms with Crippen molar-refractivity contribution in [2.75, 3.05) is 13.1 Å². The standard InChI is InChI=1S/C24H24N2O2.C9H14F3N3O4.C3H8/c1-18(16-19-8-4-2-5-9-19)26-23(27)17-25-24(28)22-14-12-21(13-15-22)20-10-6-3-7-11-20;10-9(11,12)8(19)5(1-2-6(13)17)15-7(18)3-14-4-16;1-3-2/h2-15,18H,16-17H2,1H3,(H,25,28)(H,26,27);4-5,8,19H,1-3H2,(H2,13,17)(H,14,16)(H,15,18);3H2,1-2H3/t18-;;/m1../s1. The predicted molar refractivity (Wildman–Crippen MR) is 184 cm³/mol. The Bertz CT molecular complexity index is 1460. The van der Waals surface area contributed by atoms with Gasteiger partial charge in [0.25, 0.3) is 5.91 Å². The van der Waals surface area contributed by atoms with Crippen LogP contribution in [-0.2, 0) is 25.6 Å². The quantitative estimate of drug-likeness (QED) is 0.132. The van der Waals surface area contributed by atoms with Gasteiger partial charge >= 0.3 is 6.18 Å². The Hall–Kier alpha value is -5.24. The molecular weight excluding hydrogens is 655 g/mol. The largest absolute Gasteiger partial charge is 0.416 e. The molecule has 2 unspecified atom stereocenters. The van der Waals surface area contributed by atoms with Crippen molar-refractivity contribution in [1.82, 2.24) is 21.3 Å². The van der Waals surface area contributed by atoms with E-state index in [1.165, 1.54) is 6.42 Å². The molecule has 0 saturated heterocycles. The Balaban J connectivity index is 0.000000497. The predicted octanol–water partition coefficient (Wildman–Crippen LogP) is 3.65. The van der Waals surface area contributed by atoms with Crippen LogP contribution in [0.4, 0.5) is 13.2 Å². The summed E-state index contributed by atoms with van der Waals surface area (Å²) in [6, 6.07) is 25.6. The number of aliphatic hydroxyl groups is 1. The van der Waals surface area contributed by atoms with Gasteiger partial charge in [-0.05, 0) is 48.6 Å². The second kappa shape index (κ2) is 23.2. The Morgan fingerprint density at radius 1 is 0.820 bits per heavy atom. The number of rotatable bonds is 15. The van der Waals surface area contributed by atoms with Crippen LogP contribution in [0.1, 0.15) is 56.0 Å². The minimum atomic E-state index is -4.95. The van der Waals surface area contributed by atoms with Crippen LogP contribution in [0.2, 0.25) is 0 Å². The van der Waals surface area contributed by atoms with Crippen LogP contribution >= 0.6 is 0 Å². The molecule has 0 aliphatic rings. The van der Waals surface area contributed by atoms with Crippen LogP contribution in [0.25, 0.3) is 11.1 Å². The third-order valence-electron chi connectivity index (χ3n) is 6.57. The molecule has 0 aromatic heterocycles. The van der Waals surface area contributed by atoms with Crippen molar-refractivity contribution in [3.8, 4) is 11.1 Å². The number of nitrogens with two attached hydrogens (primary N) is 1. The van der Waals surface area contributed by atoms with E-state index in [0.29, 0.717) is 5.56 Å². The molecule has 0 heterocycles. The first kappa shape index (κ1) is 42.8. The monoisotopic (exact) mass is 701 g/mol. The molecule has 3 atom stereocenters. The van der Waals surface area contributed by atoms with E-state index in [1.807, 2.05) is 90.4 Å². The normalized spacial score (nSPS) is 12.2. The third kappa shape index (κ3) is 17.8. The summed E-state index contributed by atoms with van der Waals surface area (Å²) in [4.78, 5) is 56.0. The van der Waals surface area contributed by atoms with Crippen molar-refractivity contribution in [2.45, 2.75) is 70.8 Å². The van der Waals surface area contributed by atoms with E-state index in [4.69, 9.17) is 10.8 Å². The second-order valence-corrected chi connectivity index (χ2v) is 11.2. The number of carbonyl (C=O) groups is 5. The molecule has 0 fully saturated rings. The maximum absolute atomic E-state index is 12.3. The number of primary amides is 1. The number of nitrogens with one attached hydrogen (secondary N) is 4.